The van der Waals surface area contributed by atoms with Crippen molar-refractivity contribution in [2.75, 3.05) is 46.2 Å². The van der Waals surface area contributed by atoms with E-state index in [9.17, 15) is 38.4 Å². The lowest BCUT2D eigenvalue weighted by Gasteiger charge is -2.46. The van der Waals surface area contributed by atoms with Crippen molar-refractivity contribution >= 4 is 47.8 Å². The molecule has 4 atom stereocenters. The summed E-state index contributed by atoms with van der Waals surface area (Å²) in [4.78, 5) is 97.8. The van der Waals surface area contributed by atoms with Crippen LogP contribution in [0.2, 0.25) is 0 Å². The van der Waals surface area contributed by atoms with Gasteiger partial charge in [0.05, 0.1) is 19.6 Å². The lowest BCUT2D eigenvalue weighted by atomic mass is 9.61. The lowest BCUT2D eigenvalue weighted by Crippen LogP contribution is -2.50. The Morgan fingerprint density at radius 1 is 0.493 bits per heavy atom. The Labute approximate surface area is 398 Å². The van der Waals surface area contributed by atoms with Crippen LogP contribution in [0.1, 0.15) is 165 Å². The van der Waals surface area contributed by atoms with Gasteiger partial charge in [-0.25, -0.2) is 24.0 Å². The third-order valence-corrected chi connectivity index (χ3v) is 12.0. The molecule has 0 saturated heterocycles. The van der Waals surface area contributed by atoms with E-state index in [1.54, 1.807) is 0 Å². The van der Waals surface area contributed by atoms with Gasteiger partial charge in [0.15, 0.2) is 0 Å². The fourth-order valence-electron chi connectivity index (χ4n) is 9.76. The van der Waals surface area contributed by atoms with Crippen molar-refractivity contribution in [3.8, 4) is 0 Å². The number of ether oxygens (including phenoxy) is 6. The van der Waals surface area contributed by atoms with Crippen molar-refractivity contribution in [3.63, 3.8) is 0 Å². The number of carbonyl (C=O) groups excluding carboxylic acids is 8. The predicted molar refractivity (Wildman–Crippen MR) is 251 cm³/mol. The second-order valence-electron chi connectivity index (χ2n) is 21.0. The average Bonchev–Trinajstić information content (AvgIpc) is 3.20. The van der Waals surface area contributed by atoms with Crippen LogP contribution >= 0.6 is 0 Å². The van der Waals surface area contributed by atoms with Gasteiger partial charge in [-0.2, -0.15) is 0 Å². The molecule has 0 aromatic rings. The fourth-order valence-corrected chi connectivity index (χ4v) is 9.76. The number of carbonyl (C=O) groups is 8. The number of Topliss-reactive ketones (excluding diaryl/α,β-unsaturated/α-hetero) is 2. The molecule has 2 rings (SSSR count). The molecule has 380 valence electrons. The summed E-state index contributed by atoms with van der Waals surface area (Å²) in [6, 6.07) is -0.315. The highest BCUT2D eigenvalue weighted by molar-refractivity contribution is 5.99. The lowest BCUT2D eigenvalue weighted by molar-refractivity contribution is -0.145. The molecule has 0 aromatic carbocycles. The van der Waals surface area contributed by atoms with Crippen LogP contribution in [0.3, 0.4) is 0 Å². The minimum absolute atomic E-state index is 0.0591. The molecule has 2 saturated carbocycles. The zero-order chi connectivity index (χ0) is 50.3. The van der Waals surface area contributed by atoms with Gasteiger partial charge in [0.25, 0.3) is 0 Å². The molecule has 0 spiro atoms. The SMILES string of the molecule is C=C(C)C(=O)OCCOC(=O)NC1CC(C)(C)CC(C)(CCC(=O)OCCCCCC(=O)CC(=O)CCCCCOC(=O)NCC2(C)CC(NC(=O)OCCOC(=O)C(=C)C)CC(C)(C)C2)C1. The molecule has 2 aliphatic carbocycles. The standard InChI is InChI=1S/C50H81N3O14/c1-35(2)42(57)63-23-25-66-45(60)52-37-28-47(5,6)32-49(9,30-37)20-19-41(56)62-21-15-11-13-17-39(54)27-40(55)18-14-12-16-22-65-44(59)51-34-50(10)31-38(29-48(7,8)33-50)53-46(61)67-26-24-64-43(58)36(3)4/h37-38H,1,3,11-34H2,2,4-10H3,(H,51,59)(H,52,60)(H,53,61). The molecule has 0 bridgehead atoms. The Morgan fingerprint density at radius 3 is 1.39 bits per heavy atom. The van der Waals surface area contributed by atoms with Crippen LogP contribution in [0, 0.1) is 21.7 Å². The maximum absolute atomic E-state index is 12.6. The van der Waals surface area contributed by atoms with Crippen molar-refractivity contribution in [3.05, 3.63) is 24.3 Å². The third-order valence-electron chi connectivity index (χ3n) is 12.0. The first-order valence-corrected chi connectivity index (χ1v) is 23.9. The first-order valence-electron chi connectivity index (χ1n) is 23.9. The van der Waals surface area contributed by atoms with E-state index in [0.717, 1.165) is 25.7 Å². The van der Waals surface area contributed by atoms with E-state index >= 15 is 0 Å². The summed E-state index contributed by atoms with van der Waals surface area (Å²) < 4.78 is 31.1. The summed E-state index contributed by atoms with van der Waals surface area (Å²) in [5.74, 6) is -1.58. The minimum atomic E-state index is -0.599. The molecule has 67 heavy (non-hydrogen) atoms. The van der Waals surface area contributed by atoms with E-state index < -0.39 is 30.2 Å². The smallest absolute Gasteiger partial charge is 0.407 e. The van der Waals surface area contributed by atoms with Gasteiger partial charge in [-0.3, -0.25) is 14.4 Å². The number of rotatable bonds is 29. The molecule has 2 aliphatic rings. The number of amides is 3. The maximum atomic E-state index is 12.6. The molecule has 0 aliphatic heterocycles. The summed E-state index contributed by atoms with van der Waals surface area (Å²) in [5, 5.41) is 8.71. The number of hydrogen-bond donors (Lipinski definition) is 3. The highest BCUT2D eigenvalue weighted by Gasteiger charge is 2.43. The summed E-state index contributed by atoms with van der Waals surface area (Å²) in [7, 11) is 0. The van der Waals surface area contributed by atoms with E-state index in [0.29, 0.717) is 70.8 Å². The minimum Gasteiger partial charge on any atom is -0.466 e. The Hall–Kier alpha value is -4.96. The molecule has 2 fully saturated rings. The summed E-state index contributed by atoms with van der Waals surface area (Å²) >= 11 is 0. The van der Waals surface area contributed by atoms with Crippen molar-refractivity contribution < 1.29 is 66.8 Å². The van der Waals surface area contributed by atoms with Crippen LogP contribution in [0.25, 0.3) is 0 Å². The summed E-state index contributed by atoms with van der Waals surface area (Å²) in [6.07, 6.45) is 7.89. The third kappa shape index (κ3) is 25.7. The number of unbranched alkanes of at least 4 members (excludes halogenated alkanes) is 4. The second kappa shape index (κ2) is 28.4. The average molecular weight is 948 g/mol. The van der Waals surface area contributed by atoms with Crippen molar-refractivity contribution in [2.24, 2.45) is 21.7 Å². The number of alkyl carbamates (subject to hydrolysis) is 3. The maximum Gasteiger partial charge on any atom is 0.407 e. The zero-order valence-electron chi connectivity index (χ0n) is 41.8. The van der Waals surface area contributed by atoms with Gasteiger partial charge in [-0.15, -0.1) is 0 Å². The van der Waals surface area contributed by atoms with Gasteiger partial charge in [0, 0.05) is 49.0 Å². The normalized spacial score (nSPS) is 21.6. The Balaban J connectivity index is 1.53. The van der Waals surface area contributed by atoms with E-state index in [4.69, 9.17) is 28.4 Å². The molecule has 4 unspecified atom stereocenters. The van der Waals surface area contributed by atoms with E-state index in [2.05, 4.69) is 70.7 Å². The fraction of sp³-hybridized carbons (Fsp3) is 0.760. The van der Waals surface area contributed by atoms with Crippen molar-refractivity contribution in [2.45, 2.75) is 177 Å². The Morgan fingerprint density at radius 2 is 0.910 bits per heavy atom. The Bertz CT molecular complexity index is 1600. The van der Waals surface area contributed by atoms with Crippen LogP contribution < -0.4 is 16.0 Å². The van der Waals surface area contributed by atoms with Crippen LogP contribution in [0.15, 0.2) is 24.3 Å². The summed E-state index contributed by atoms with van der Waals surface area (Å²) in [6.45, 7) is 23.3. The number of ketones is 2. The molecule has 17 nitrogen and oxygen atoms in total. The second-order valence-corrected chi connectivity index (χ2v) is 21.0. The van der Waals surface area contributed by atoms with Gasteiger partial charge in [-0.1, -0.05) is 54.7 Å². The highest BCUT2D eigenvalue weighted by Crippen LogP contribution is 2.49. The number of hydrogen-bond acceptors (Lipinski definition) is 14. The van der Waals surface area contributed by atoms with E-state index in [-0.39, 0.29) is 121 Å². The zero-order valence-corrected chi connectivity index (χ0v) is 41.8. The van der Waals surface area contributed by atoms with Gasteiger partial charge < -0.3 is 44.4 Å². The van der Waals surface area contributed by atoms with Gasteiger partial charge in [0.1, 0.15) is 38.0 Å². The molecular weight excluding hydrogens is 867 g/mol. The van der Waals surface area contributed by atoms with E-state index in [1.807, 2.05) is 0 Å². The van der Waals surface area contributed by atoms with Crippen LogP contribution in [0.4, 0.5) is 14.4 Å². The largest absolute Gasteiger partial charge is 0.466 e. The van der Waals surface area contributed by atoms with Gasteiger partial charge in [-0.05, 0) is 119 Å². The summed E-state index contributed by atoms with van der Waals surface area (Å²) in [5.41, 5.74) is -0.150. The number of esters is 3. The highest BCUT2D eigenvalue weighted by atomic mass is 16.6. The van der Waals surface area contributed by atoms with E-state index in [1.165, 1.54) is 13.8 Å². The molecule has 0 heterocycles. The van der Waals surface area contributed by atoms with Gasteiger partial charge in [0.2, 0.25) is 0 Å². The van der Waals surface area contributed by atoms with Crippen molar-refractivity contribution in [1.29, 1.82) is 0 Å². The quantitative estimate of drug-likeness (QED) is 0.0210. The molecular formula is C50H81N3O14. The first-order chi connectivity index (χ1) is 31.3. The van der Waals surface area contributed by atoms with Crippen LogP contribution in [0.5, 0.6) is 0 Å². The first kappa shape index (κ1) is 58.2. The number of nitrogens with one attached hydrogen (secondary N) is 3. The monoisotopic (exact) mass is 948 g/mol. The van der Waals surface area contributed by atoms with Gasteiger partial charge >= 0.3 is 36.2 Å². The topological polar surface area (TPSA) is 228 Å². The molecule has 3 N–H and O–H groups in total. The molecule has 3 amide bonds. The molecule has 17 heteroatoms. The van der Waals surface area contributed by atoms with Crippen LogP contribution in [-0.2, 0) is 52.4 Å². The Kier molecular flexibility index (Phi) is 24.6. The molecule has 0 aromatic heterocycles. The predicted octanol–water partition coefficient (Wildman–Crippen LogP) is 8.55. The van der Waals surface area contributed by atoms with Crippen molar-refractivity contribution in [1.82, 2.24) is 16.0 Å². The van der Waals surface area contributed by atoms with Crippen LogP contribution in [-0.4, -0.2) is 106 Å². The molecule has 0 radical (unpaired) electrons.